The predicted molar refractivity (Wildman–Crippen MR) is 81.5 cm³/mol. The lowest BCUT2D eigenvalue weighted by atomic mass is 9.87. The highest BCUT2D eigenvalue weighted by molar-refractivity contribution is 6.08. The molecule has 5 heteroatoms. The number of piperidine rings is 1. The summed E-state index contributed by atoms with van der Waals surface area (Å²) in [6.45, 7) is 3.17. The summed E-state index contributed by atoms with van der Waals surface area (Å²) in [6.07, 6.45) is 8.52. The van der Waals surface area contributed by atoms with Crippen LogP contribution in [-0.4, -0.2) is 56.0 Å². The van der Waals surface area contributed by atoms with Gasteiger partial charge in [-0.3, -0.25) is 4.79 Å². The maximum Gasteiger partial charge on any atom is 0.323 e. The number of likely N-dealkylation sites (tertiary alicyclic amines) is 1. The fourth-order valence-corrected chi connectivity index (χ4v) is 2.90. The zero-order valence-corrected chi connectivity index (χ0v) is 12.6. The summed E-state index contributed by atoms with van der Waals surface area (Å²) in [5, 5.41) is 12.7. The fourth-order valence-electron chi connectivity index (χ4n) is 2.90. The first-order chi connectivity index (χ1) is 9.14. The first kappa shape index (κ1) is 16.5. The van der Waals surface area contributed by atoms with Crippen molar-refractivity contribution in [1.29, 1.82) is 0 Å². The number of likely N-dealkylation sites (N-methyl/N-ethyl adjacent to an activating group) is 1. The lowest BCUT2D eigenvalue weighted by Crippen LogP contribution is -2.52. The van der Waals surface area contributed by atoms with E-state index in [0.29, 0.717) is 6.42 Å². The van der Waals surface area contributed by atoms with E-state index < -0.39 is 11.5 Å². The molecule has 1 aliphatic rings. The average molecular weight is 268 g/mol. The van der Waals surface area contributed by atoms with Gasteiger partial charge in [-0.1, -0.05) is 25.6 Å². The maximum absolute atomic E-state index is 11.6. The molecule has 0 amide bonds. The van der Waals surface area contributed by atoms with E-state index in [0.717, 1.165) is 45.2 Å². The summed E-state index contributed by atoms with van der Waals surface area (Å²) in [4.78, 5) is 14.1. The average Bonchev–Trinajstić information content (AvgIpc) is 2.44. The van der Waals surface area contributed by atoms with Crippen molar-refractivity contribution in [3.8, 4) is 0 Å². The van der Waals surface area contributed by atoms with Gasteiger partial charge in [0.25, 0.3) is 0 Å². The molecule has 0 radical (unpaired) electrons. The molecule has 110 valence electrons. The Morgan fingerprint density at radius 2 is 1.95 bits per heavy atom. The van der Waals surface area contributed by atoms with Crippen molar-refractivity contribution in [2.75, 3.05) is 26.7 Å². The summed E-state index contributed by atoms with van der Waals surface area (Å²) < 4.78 is 0. The van der Waals surface area contributed by atoms with Gasteiger partial charge < -0.3 is 15.3 Å². The van der Waals surface area contributed by atoms with E-state index in [1.54, 1.807) is 7.05 Å². The number of hydrogen-bond donors (Lipinski definition) is 2. The highest BCUT2D eigenvalue weighted by atomic mass is 16.4. The smallest absolute Gasteiger partial charge is 0.323 e. The molecule has 0 aromatic heterocycles. The highest BCUT2D eigenvalue weighted by Gasteiger charge is 2.36. The van der Waals surface area contributed by atoms with Crippen LogP contribution in [0.15, 0.2) is 0 Å². The molecule has 1 rings (SSSR count). The molecule has 0 saturated carbocycles. The summed E-state index contributed by atoms with van der Waals surface area (Å²) in [5.41, 5.74) is -0.730. The maximum atomic E-state index is 11.6. The Hall–Kier alpha value is -0.545. The van der Waals surface area contributed by atoms with Gasteiger partial charge in [0, 0.05) is 6.54 Å². The first-order valence-electron chi connectivity index (χ1n) is 7.79. The molecule has 1 heterocycles. The van der Waals surface area contributed by atoms with Crippen LogP contribution in [0.5, 0.6) is 0 Å². The van der Waals surface area contributed by atoms with Crippen LogP contribution in [0, 0.1) is 0 Å². The minimum Gasteiger partial charge on any atom is -0.480 e. The van der Waals surface area contributed by atoms with Crippen molar-refractivity contribution in [3.63, 3.8) is 0 Å². The molecule has 1 unspecified atom stereocenters. The van der Waals surface area contributed by atoms with Gasteiger partial charge in [0.05, 0.1) is 0 Å². The number of carbonyl (C=O) groups is 1. The zero-order chi connectivity index (χ0) is 14.1. The van der Waals surface area contributed by atoms with Gasteiger partial charge in [-0.2, -0.15) is 0 Å². The quantitative estimate of drug-likeness (QED) is 0.486. The predicted octanol–water partition coefficient (Wildman–Crippen LogP) is 1.13. The van der Waals surface area contributed by atoms with E-state index >= 15 is 0 Å². The van der Waals surface area contributed by atoms with Crippen molar-refractivity contribution in [2.24, 2.45) is 0 Å². The minimum absolute atomic E-state index is 0.692. The Morgan fingerprint density at radius 1 is 1.26 bits per heavy atom. The molecule has 2 N–H and O–H groups in total. The molecule has 0 bridgehead atoms. The molecular weight excluding hydrogens is 239 g/mol. The number of aliphatic carboxylic acids is 1. The van der Waals surface area contributed by atoms with Crippen LogP contribution in [-0.2, 0) is 4.79 Å². The number of carboxylic acids is 1. The van der Waals surface area contributed by atoms with E-state index in [1.807, 2.05) is 0 Å². The zero-order valence-electron chi connectivity index (χ0n) is 12.6. The number of rotatable bonds is 9. The van der Waals surface area contributed by atoms with Crippen LogP contribution in [0.3, 0.4) is 0 Å². The first-order valence-corrected chi connectivity index (χ1v) is 7.79. The summed E-state index contributed by atoms with van der Waals surface area (Å²) in [5.74, 6) is -0.692. The SMILES string of the molecule is BCCCCC(CCN1CCCCC1)(NC)C(=O)O. The Kier molecular flexibility index (Phi) is 7.46. The van der Waals surface area contributed by atoms with E-state index in [2.05, 4.69) is 18.1 Å². The Labute approximate surface area is 118 Å². The third-order valence-electron chi connectivity index (χ3n) is 4.40. The fraction of sp³-hybridized carbons (Fsp3) is 0.929. The van der Waals surface area contributed by atoms with Crippen LogP contribution in [0.1, 0.15) is 44.9 Å². The summed E-state index contributed by atoms with van der Waals surface area (Å²) in [7, 11) is 3.94. The molecule has 1 fully saturated rings. The van der Waals surface area contributed by atoms with Crippen molar-refractivity contribution >= 4 is 13.8 Å². The van der Waals surface area contributed by atoms with Crippen LogP contribution < -0.4 is 5.32 Å². The minimum atomic E-state index is -0.730. The molecule has 0 aliphatic carbocycles. The number of carboxylic acid groups (broad SMARTS) is 1. The third-order valence-corrected chi connectivity index (χ3v) is 4.40. The number of nitrogens with one attached hydrogen (secondary N) is 1. The summed E-state index contributed by atoms with van der Waals surface area (Å²) >= 11 is 0. The molecule has 4 nitrogen and oxygen atoms in total. The molecule has 0 aromatic rings. The van der Waals surface area contributed by atoms with E-state index in [9.17, 15) is 9.90 Å². The standard InChI is InChI=1S/C14H29BN2O2/c1-16-14(13(18)19,7-3-4-9-15)8-12-17-10-5-2-6-11-17/h16H,2-12,15H2,1H3,(H,18,19). The second kappa shape index (κ2) is 8.59. The molecule has 0 spiro atoms. The monoisotopic (exact) mass is 268 g/mol. The normalized spacial score (nSPS) is 20.1. The van der Waals surface area contributed by atoms with Crippen molar-refractivity contribution < 1.29 is 9.90 Å². The van der Waals surface area contributed by atoms with Crippen LogP contribution in [0.4, 0.5) is 0 Å². The Bertz CT molecular complexity index is 270. The van der Waals surface area contributed by atoms with Crippen LogP contribution >= 0.6 is 0 Å². The van der Waals surface area contributed by atoms with E-state index in [-0.39, 0.29) is 0 Å². The molecule has 0 aromatic carbocycles. The molecule has 19 heavy (non-hydrogen) atoms. The Balaban J connectivity index is 2.49. The van der Waals surface area contributed by atoms with Crippen LogP contribution in [0.25, 0.3) is 0 Å². The number of nitrogens with zero attached hydrogens (tertiary/aromatic N) is 1. The van der Waals surface area contributed by atoms with E-state index in [4.69, 9.17) is 0 Å². The van der Waals surface area contributed by atoms with Crippen molar-refractivity contribution in [2.45, 2.75) is 56.8 Å². The van der Waals surface area contributed by atoms with Crippen molar-refractivity contribution in [3.05, 3.63) is 0 Å². The van der Waals surface area contributed by atoms with Gasteiger partial charge in [0.15, 0.2) is 0 Å². The topological polar surface area (TPSA) is 52.6 Å². The van der Waals surface area contributed by atoms with Gasteiger partial charge >= 0.3 is 5.97 Å². The second-order valence-corrected chi connectivity index (χ2v) is 5.75. The van der Waals surface area contributed by atoms with Crippen LogP contribution in [0.2, 0.25) is 6.32 Å². The lowest BCUT2D eigenvalue weighted by molar-refractivity contribution is -0.145. The van der Waals surface area contributed by atoms with Gasteiger partial charge in [0.1, 0.15) is 13.4 Å². The highest BCUT2D eigenvalue weighted by Crippen LogP contribution is 2.21. The van der Waals surface area contributed by atoms with Gasteiger partial charge in [-0.05, 0) is 45.8 Å². The molecule has 1 aliphatic heterocycles. The lowest BCUT2D eigenvalue weighted by Gasteiger charge is -2.33. The second-order valence-electron chi connectivity index (χ2n) is 5.75. The molecule has 1 atom stereocenters. The number of unbranched alkanes of at least 4 members (excludes halogenated alkanes) is 1. The van der Waals surface area contributed by atoms with E-state index in [1.165, 1.54) is 19.3 Å². The third kappa shape index (κ3) is 5.15. The Morgan fingerprint density at radius 3 is 2.47 bits per heavy atom. The van der Waals surface area contributed by atoms with Crippen molar-refractivity contribution in [1.82, 2.24) is 10.2 Å². The van der Waals surface area contributed by atoms with Gasteiger partial charge in [-0.25, -0.2) is 0 Å². The number of hydrogen-bond acceptors (Lipinski definition) is 3. The largest absolute Gasteiger partial charge is 0.480 e. The van der Waals surface area contributed by atoms with Gasteiger partial charge in [-0.15, -0.1) is 0 Å². The molecule has 1 saturated heterocycles. The molecular formula is C14H29BN2O2. The van der Waals surface area contributed by atoms with Gasteiger partial charge in [0.2, 0.25) is 0 Å². The summed E-state index contributed by atoms with van der Waals surface area (Å²) in [6, 6.07) is 0.